The molecule has 1 aliphatic heterocycles. The largest absolute Gasteiger partial charge is 0.456 e. The van der Waals surface area contributed by atoms with Gasteiger partial charge in [0.25, 0.3) is 0 Å². The molecule has 4 aromatic carbocycles. The van der Waals surface area contributed by atoms with Gasteiger partial charge in [0.1, 0.15) is 11.2 Å². The summed E-state index contributed by atoms with van der Waals surface area (Å²) in [6.45, 7) is 0.106. The quantitative estimate of drug-likeness (QED) is 0.333. The van der Waals surface area contributed by atoms with Crippen LogP contribution in [0, 0.1) is 6.92 Å². The van der Waals surface area contributed by atoms with Crippen molar-refractivity contribution in [2.75, 3.05) is 23.4 Å². The van der Waals surface area contributed by atoms with Gasteiger partial charge in [-0.1, -0.05) is 42.5 Å². The molecule has 0 spiro atoms. The molecule has 0 amide bonds. The van der Waals surface area contributed by atoms with Crippen molar-refractivity contribution in [1.82, 2.24) is 0 Å². The Balaban J connectivity index is 1.57. The number of para-hydroxylation sites is 2. The molecular weight excluding hydrogens is 344 g/mol. The van der Waals surface area contributed by atoms with Gasteiger partial charge in [-0.25, -0.2) is 0 Å². The van der Waals surface area contributed by atoms with Gasteiger partial charge in [0.15, 0.2) is 0 Å². The summed E-state index contributed by atoms with van der Waals surface area (Å²) in [4.78, 5) is 3.53. The number of nitrogens with zero attached hydrogens (tertiary/aromatic N) is 2. The van der Waals surface area contributed by atoms with Crippen LogP contribution in [-0.2, 0) is 0 Å². The molecule has 28 heavy (non-hydrogen) atoms. The standard InChI is InChI=1S/C25H20N2O/c1-16-20(27-15-26(2)21-9-5-6-10-22(21)27)13-12-19-24-18-8-4-3-7-17(18)11-14-23(24)28-25(16)19/h3-14H,15H2,1-2H3/i2D3. The molecule has 0 saturated carbocycles. The molecule has 6 rings (SSSR count). The average Bonchev–Trinajstić information content (AvgIpc) is 3.34. The van der Waals surface area contributed by atoms with Gasteiger partial charge in [-0.2, -0.15) is 0 Å². The van der Waals surface area contributed by atoms with E-state index >= 15 is 0 Å². The molecular formula is C25H20N2O. The van der Waals surface area contributed by atoms with Crippen LogP contribution in [0.1, 0.15) is 9.68 Å². The Hall–Kier alpha value is -3.46. The number of benzene rings is 4. The SMILES string of the molecule is [2H]C([2H])([2H])N1CN(c2ccc3c(oc4ccc5ccccc5c43)c2C)c2ccccc21. The summed E-state index contributed by atoms with van der Waals surface area (Å²) in [6.07, 6.45) is 0. The number of hydrogen-bond donors (Lipinski definition) is 0. The van der Waals surface area contributed by atoms with Crippen molar-refractivity contribution in [2.45, 2.75) is 6.92 Å². The van der Waals surface area contributed by atoms with Gasteiger partial charge < -0.3 is 14.2 Å². The Morgan fingerprint density at radius 1 is 0.821 bits per heavy atom. The first-order chi connectivity index (χ1) is 14.9. The Morgan fingerprint density at radius 2 is 1.64 bits per heavy atom. The van der Waals surface area contributed by atoms with Crippen LogP contribution in [0.5, 0.6) is 0 Å². The predicted molar refractivity (Wildman–Crippen MR) is 118 cm³/mol. The molecule has 0 atom stereocenters. The second-order valence-corrected chi connectivity index (χ2v) is 7.33. The van der Waals surface area contributed by atoms with Gasteiger partial charge in [0.2, 0.25) is 0 Å². The minimum Gasteiger partial charge on any atom is -0.456 e. The highest BCUT2D eigenvalue weighted by atomic mass is 16.3. The third-order valence-corrected chi connectivity index (χ3v) is 5.79. The van der Waals surface area contributed by atoms with Gasteiger partial charge in [-0.3, -0.25) is 0 Å². The Labute approximate surface area is 167 Å². The second kappa shape index (κ2) is 5.52. The molecule has 0 aliphatic carbocycles. The van der Waals surface area contributed by atoms with Crippen LogP contribution in [-0.4, -0.2) is 13.6 Å². The molecule has 0 N–H and O–H groups in total. The first-order valence-corrected chi connectivity index (χ1v) is 9.41. The molecule has 3 heteroatoms. The van der Waals surface area contributed by atoms with Crippen molar-refractivity contribution in [3.63, 3.8) is 0 Å². The lowest BCUT2D eigenvalue weighted by Gasteiger charge is -2.21. The highest BCUT2D eigenvalue weighted by Crippen LogP contribution is 2.44. The fraction of sp³-hybridized carbons (Fsp3) is 0.120. The topological polar surface area (TPSA) is 19.6 Å². The Bertz CT molecular complexity index is 1490. The Kier molecular flexibility index (Phi) is 2.53. The van der Waals surface area contributed by atoms with Gasteiger partial charge in [-0.05, 0) is 48.0 Å². The summed E-state index contributed by atoms with van der Waals surface area (Å²) in [6, 6.07) is 24.3. The summed E-state index contributed by atoms with van der Waals surface area (Å²) in [5, 5.41) is 4.55. The fourth-order valence-corrected chi connectivity index (χ4v) is 4.45. The number of anilines is 3. The van der Waals surface area contributed by atoms with Crippen LogP contribution in [0.15, 0.2) is 77.2 Å². The molecule has 0 bridgehead atoms. The highest BCUT2D eigenvalue weighted by molar-refractivity contribution is 6.19. The number of aryl methyl sites for hydroxylation is 1. The van der Waals surface area contributed by atoms with E-state index in [9.17, 15) is 0 Å². The lowest BCUT2D eigenvalue weighted by molar-refractivity contribution is 0.666. The van der Waals surface area contributed by atoms with E-state index in [2.05, 4.69) is 35.2 Å². The van der Waals surface area contributed by atoms with E-state index in [-0.39, 0.29) is 6.67 Å². The maximum absolute atomic E-state index is 7.96. The van der Waals surface area contributed by atoms with E-state index in [1.54, 1.807) is 0 Å². The van der Waals surface area contributed by atoms with Crippen LogP contribution in [0.2, 0.25) is 0 Å². The highest BCUT2D eigenvalue weighted by Gasteiger charge is 2.26. The van der Waals surface area contributed by atoms with Crippen molar-refractivity contribution in [3.05, 3.63) is 78.4 Å². The van der Waals surface area contributed by atoms with Crippen molar-refractivity contribution in [1.29, 1.82) is 0 Å². The fourth-order valence-electron chi connectivity index (χ4n) is 4.45. The van der Waals surface area contributed by atoms with Gasteiger partial charge in [-0.15, -0.1) is 0 Å². The maximum Gasteiger partial charge on any atom is 0.140 e. The molecule has 0 fully saturated rings. The smallest absolute Gasteiger partial charge is 0.140 e. The zero-order valence-electron chi connectivity index (χ0n) is 18.4. The van der Waals surface area contributed by atoms with Gasteiger partial charge in [0.05, 0.1) is 18.0 Å². The lowest BCUT2D eigenvalue weighted by atomic mass is 10.0. The molecule has 1 aromatic heterocycles. The van der Waals surface area contributed by atoms with E-state index in [1.165, 1.54) is 15.7 Å². The van der Waals surface area contributed by atoms with Crippen molar-refractivity contribution in [2.24, 2.45) is 0 Å². The molecule has 2 heterocycles. The van der Waals surface area contributed by atoms with Crippen LogP contribution in [0.3, 0.4) is 0 Å². The van der Waals surface area contributed by atoms with E-state index in [1.807, 2.05) is 49.4 Å². The first-order valence-electron chi connectivity index (χ1n) is 10.9. The van der Waals surface area contributed by atoms with Crippen molar-refractivity contribution in [3.8, 4) is 0 Å². The van der Waals surface area contributed by atoms with Crippen LogP contribution in [0.4, 0.5) is 17.1 Å². The van der Waals surface area contributed by atoms with E-state index in [0.29, 0.717) is 0 Å². The molecule has 136 valence electrons. The third-order valence-electron chi connectivity index (χ3n) is 5.79. The summed E-state index contributed by atoms with van der Waals surface area (Å²) >= 11 is 0. The summed E-state index contributed by atoms with van der Waals surface area (Å²) in [5.41, 5.74) is 5.27. The normalized spacial score (nSPS) is 15.8. The van der Waals surface area contributed by atoms with Gasteiger partial charge >= 0.3 is 0 Å². The van der Waals surface area contributed by atoms with Crippen LogP contribution >= 0.6 is 0 Å². The number of hydrogen-bond acceptors (Lipinski definition) is 3. The van der Waals surface area contributed by atoms with E-state index in [0.717, 1.165) is 44.6 Å². The predicted octanol–water partition coefficient (Wildman–Crippen LogP) is 6.59. The number of fused-ring (bicyclic) bond motifs is 6. The zero-order chi connectivity index (χ0) is 21.3. The first kappa shape index (κ1) is 12.8. The Morgan fingerprint density at radius 3 is 2.54 bits per heavy atom. The zero-order valence-corrected chi connectivity index (χ0v) is 15.4. The average molecular weight is 367 g/mol. The third kappa shape index (κ3) is 1.99. The summed E-state index contributed by atoms with van der Waals surface area (Å²) < 4.78 is 30.2. The molecule has 0 radical (unpaired) electrons. The molecule has 3 nitrogen and oxygen atoms in total. The van der Waals surface area contributed by atoms with E-state index < -0.39 is 6.98 Å². The second-order valence-electron chi connectivity index (χ2n) is 7.33. The lowest BCUT2D eigenvalue weighted by Crippen LogP contribution is -2.24. The minimum absolute atomic E-state index is 0.269. The van der Waals surface area contributed by atoms with Crippen LogP contribution in [0.25, 0.3) is 32.7 Å². The summed E-state index contributed by atoms with van der Waals surface area (Å²) in [7, 11) is 0. The molecule has 0 saturated heterocycles. The molecule has 5 aromatic rings. The molecule has 1 aliphatic rings. The van der Waals surface area contributed by atoms with Crippen molar-refractivity contribution >= 4 is 49.8 Å². The maximum atomic E-state index is 7.96. The number of rotatable bonds is 1. The van der Waals surface area contributed by atoms with Crippen molar-refractivity contribution < 1.29 is 8.53 Å². The van der Waals surface area contributed by atoms with Gasteiger partial charge in [0, 0.05) is 33.1 Å². The minimum atomic E-state index is -2.21. The summed E-state index contributed by atoms with van der Waals surface area (Å²) in [5.74, 6) is 0. The van der Waals surface area contributed by atoms with E-state index in [4.69, 9.17) is 8.53 Å². The molecule has 0 unspecified atom stereocenters. The van der Waals surface area contributed by atoms with Crippen LogP contribution < -0.4 is 9.80 Å². The number of furan rings is 1. The monoisotopic (exact) mass is 367 g/mol.